The molecule has 1 aliphatic rings. The highest BCUT2D eigenvalue weighted by atomic mass is 32.2. The predicted molar refractivity (Wildman–Crippen MR) is 89.0 cm³/mol. The molecule has 0 radical (unpaired) electrons. The van der Waals surface area contributed by atoms with Crippen molar-refractivity contribution in [3.05, 3.63) is 42.0 Å². The number of hydrogen-bond acceptors (Lipinski definition) is 4. The summed E-state index contributed by atoms with van der Waals surface area (Å²) < 4.78 is 64.3. The number of halogens is 3. The fraction of sp³-hybridized carbons (Fsp3) is 0.412. The molecule has 0 aliphatic carbocycles. The molecule has 8 heteroatoms. The molecule has 2 aromatic carbocycles. The van der Waals surface area contributed by atoms with E-state index >= 15 is 0 Å². The van der Waals surface area contributed by atoms with Gasteiger partial charge in [0.1, 0.15) is 5.75 Å². The molecule has 0 bridgehead atoms. The third-order valence-electron chi connectivity index (χ3n) is 4.54. The summed E-state index contributed by atoms with van der Waals surface area (Å²) in [5, 5.41) is 1.57. The molecule has 0 amide bonds. The van der Waals surface area contributed by atoms with Crippen LogP contribution in [0.3, 0.4) is 0 Å². The lowest BCUT2D eigenvalue weighted by atomic mass is 9.86. The Morgan fingerprint density at radius 2 is 1.80 bits per heavy atom. The van der Waals surface area contributed by atoms with E-state index in [0.29, 0.717) is 0 Å². The van der Waals surface area contributed by atoms with Gasteiger partial charge in [-0.15, -0.1) is 0 Å². The SMILES string of the molecule is CN1CCC(c2cccc3ccc(OS(=O)(=O)C(F)(F)F)cc23)CC1. The van der Waals surface area contributed by atoms with Crippen LogP contribution in [-0.2, 0) is 10.1 Å². The maximum atomic E-state index is 12.5. The Balaban J connectivity index is 1.98. The Morgan fingerprint density at radius 1 is 1.12 bits per heavy atom. The molecule has 3 rings (SSSR count). The van der Waals surface area contributed by atoms with Crippen molar-refractivity contribution in [2.45, 2.75) is 24.3 Å². The lowest BCUT2D eigenvalue weighted by Crippen LogP contribution is -2.29. The number of nitrogens with zero attached hydrogens (tertiary/aromatic N) is 1. The van der Waals surface area contributed by atoms with Crippen LogP contribution in [0.5, 0.6) is 5.75 Å². The number of piperidine rings is 1. The van der Waals surface area contributed by atoms with Crippen molar-refractivity contribution in [2.24, 2.45) is 0 Å². The first-order chi connectivity index (χ1) is 11.7. The van der Waals surface area contributed by atoms with Gasteiger partial charge in [0.05, 0.1) is 0 Å². The van der Waals surface area contributed by atoms with Crippen molar-refractivity contribution >= 4 is 20.9 Å². The number of rotatable bonds is 3. The van der Waals surface area contributed by atoms with Gasteiger partial charge < -0.3 is 9.08 Å². The predicted octanol–water partition coefficient (Wildman–Crippen LogP) is 3.88. The highest BCUT2D eigenvalue weighted by Gasteiger charge is 2.48. The number of fused-ring (bicyclic) bond motifs is 1. The molecule has 0 N–H and O–H groups in total. The minimum Gasteiger partial charge on any atom is -0.376 e. The normalized spacial score (nSPS) is 17.8. The molecule has 4 nitrogen and oxygen atoms in total. The lowest BCUT2D eigenvalue weighted by Gasteiger charge is -2.30. The van der Waals surface area contributed by atoms with Gasteiger partial charge in [0, 0.05) is 0 Å². The van der Waals surface area contributed by atoms with Crippen LogP contribution in [0, 0.1) is 0 Å². The maximum absolute atomic E-state index is 12.5. The molecule has 0 unspecified atom stereocenters. The summed E-state index contributed by atoms with van der Waals surface area (Å²) in [5.41, 5.74) is -4.43. The molecular weight excluding hydrogens is 355 g/mol. The Morgan fingerprint density at radius 3 is 2.44 bits per heavy atom. The van der Waals surface area contributed by atoms with Crippen LogP contribution in [0.4, 0.5) is 13.2 Å². The van der Waals surface area contributed by atoms with E-state index < -0.39 is 15.6 Å². The van der Waals surface area contributed by atoms with Crippen LogP contribution >= 0.6 is 0 Å². The molecule has 0 aromatic heterocycles. The summed E-state index contributed by atoms with van der Waals surface area (Å²) in [7, 11) is -3.62. The largest absolute Gasteiger partial charge is 0.534 e. The molecule has 1 aliphatic heterocycles. The monoisotopic (exact) mass is 373 g/mol. The summed E-state index contributed by atoms with van der Waals surface area (Å²) in [6, 6.07) is 9.89. The summed E-state index contributed by atoms with van der Waals surface area (Å²) >= 11 is 0. The summed E-state index contributed by atoms with van der Waals surface area (Å²) in [6.07, 6.45) is 1.89. The summed E-state index contributed by atoms with van der Waals surface area (Å²) in [4.78, 5) is 2.23. The molecule has 1 heterocycles. The maximum Gasteiger partial charge on any atom is 0.534 e. The van der Waals surface area contributed by atoms with Crippen LogP contribution in [-0.4, -0.2) is 39.0 Å². The van der Waals surface area contributed by atoms with Gasteiger partial charge in [0.2, 0.25) is 0 Å². The smallest absolute Gasteiger partial charge is 0.376 e. The second-order valence-electron chi connectivity index (χ2n) is 6.29. The van der Waals surface area contributed by atoms with E-state index in [2.05, 4.69) is 9.08 Å². The molecule has 25 heavy (non-hydrogen) atoms. The third kappa shape index (κ3) is 3.74. The quantitative estimate of drug-likeness (QED) is 0.605. The van der Waals surface area contributed by atoms with Crippen molar-refractivity contribution in [3.8, 4) is 5.75 Å². The third-order valence-corrected chi connectivity index (χ3v) is 5.51. The topological polar surface area (TPSA) is 46.6 Å². The van der Waals surface area contributed by atoms with Crippen LogP contribution in [0.1, 0.15) is 24.3 Å². The van der Waals surface area contributed by atoms with Gasteiger partial charge in [0.25, 0.3) is 0 Å². The Bertz CT molecular complexity index is 872. The second kappa shape index (κ2) is 6.49. The second-order valence-corrected chi connectivity index (χ2v) is 7.83. The minimum atomic E-state index is -5.67. The molecular formula is C17H18F3NO3S. The van der Waals surface area contributed by atoms with Gasteiger partial charge in [-0.05, 0) is 67.4 Å². The molecule has 1 saturated heterocycles. The average molecular weight is 373 g/mol. The first kappa shape index (κ1) is 18.0. The number of hydrogen-bond donors (Lipinski definition) is 0. The number of benzene rings is 2. The van der Waals surface area contributed by atoms with E-state index in [0.717, 1.165) is 42.3 Å². The standard InChI is InChI=1S/C17H18F3NO3S/c1-21-9-7-13(8-10-21)15-4-2-3-12-5-6-14(11-16(12)15)24-25(22,23)17(18,19)20/h2-6,11,13H,7-10H2,1H3. The van der Waals surface area contributed by atoms with Crippen molar-refractivity contribution in [1.82, 2.24) is 4.90 Å². The van der Waals surface area contributed by atoms with Gasteiger partial charge in [-0.25, -0.2) is 0 Å². The first-order valence-corrected chi connectivity index (χ1v) is 9.30. The van der Waals surface area contributed by atoms with Gasteiger partial charge in [-0.1, -0.05) is 24.3 Å². The van der Waals surface area contributed by atoms with E-state index in [1.807, 2.05) is 25.2 Å². The summed E-state index contributed by atoms with van der Waals surface area (Å²) in [6.45, 7) is 1.89. The van der Waals surface area contributed by atoms with Crippen molar-refractivity contribution in [2.75, 3.05) is 20.1 Å². The van der Waals surface area contributed by atoms with E-state index in [-0.39, 0.29) is 11.7 Å². The Hall–Kier alpha value is -1.80. The Kier molecular flexibility index (Phi) is 4.68. The highest BCUT2D eigenvalue weighted by molar-refractivity contribution is 7.88. The van der Waals surface area contributed by atoms with Gasteiger partial charge in [-0.2, -0.15) is 21.6 Å². The molecule has 1 fully saturated rings. The molecule has 0 spiro atoms. The van der Waals surface area contributed by atoms with Gasteiger partial charge in [-0.3, -0.25) is 0 Å². The van der Waals surface area contributed by atoms with Crippen LogP contribution in [0.15, 0.2) is 36.4 Å². The van der Waals surface area contributed by atoms with Gasteiger partial charge in [0.15, 0.2) is 0 Å². The van der Waals surface area contributed by atoms with Crippen molar-refractivity contribution < 1.29 is 25.8 Å². The van der Waals surface area contributed by atoms with E-state index in [1.54, 1.807) is 6.07 Å². The zero-order chi connectivity index (χ0) is 18.2. The Labute approximate surface area is 144 Å². The van der Waals surface area contributed by atoms with E-state index in [4.69, 9.17) is 0 Å². The molecule has 2 aromatic rings. The molecule has 136 valence electrons. The average Bonchev–Trinajstić information content (AvgIpc) is 2.54. The molecule has 0 saturated carbocycles. The fourth-order valence-corrected chi connectivity index (χ4v) is 3.63. The lowest BCUT2D eigenvalue weighted by molar-refractivity contribution is -0.0500. The molecule has 0 atom stereocenters. The van der Waals surface area contributed by atoms with Gasteiger partial charge >= 0.3 is 15.6 Å². The van der Waals surface area contributed by atoms with Crippen LogP contribution in [0.25, 0.3) is 10.8 Å². The van der Waals surface area contributed by atoms with Crippen molar-refractivity contribution in [1.29, 1.82) is 0 Å². The summed E-state index contributed by atoms with van der Waals surface area (Å²) in [5.74, 6) is -0.0421. The highest BCUT2D eigenvalue weighted by Crippen LogP contribution is 2.35. The number of alkyl halides is 3. The zero-order valence-corrected chi connectivity index (χ0v) is 14.4. The fourth-order valence-electron chi connectivity index (χ4n) is 3.18. The van der Waals surface area contributed by atoms with E-state index in [1.165, 1.54) is 12.1 Å². The van der Waals surface area contributed by atoms with Crippen molar-refractivity contribution in [3.63, 3.8) is 0 Å². The van der Waals surface area contributed by atoms with Crippen LogP contribution < -0.4 is 4.18 Å². The zero-order valence-electron chi connectivity index (χ0n) is 13.6. The first-order valence-electron chi connectivity index (χ1n) is 7.89. The van der Waals surface area contributed by atoms with Crippen LogP contribution in [0.2, 0.25) is 0 Å². The number of likely N-dealkylation sites (tertiary alicyclic amines) is 1. The van der Waals surface area contributed by atoms with E-state index in [9.17, 15) is 21.6 Å². The minimum absolute atomic E-state index is 0.286.